The van der Waals surface area contributed by atoms with Gasteiger partial charge in [-0.2, -0.15) is 0 Å². The molecule has 2 nitrogen and oxygen atoms in total. The number of likely N-dealkylation sites (N-methyl/N-ethyl adjacent to an activating group) is 1. The lowest BCUT2D eigenvalue weighted by Gasteiger charge is -2.28. The second-order valence-corrected chi connectivity index (χ2v) is 5.34. The van der Waals surface area contributed by atoms with E-state index in [0.29, 0.717) is 17.1 Å². The van der Waals surface area contributed by atoms with Crippen LogP contribution in [0.25, 0.3) is 0 Å². The second-order valence-electron chi connectivity index (χ2n) is 4.93. The summed E-state index contributed by atoms with van der Waals surface area (Å²) < 4.78 is 27.3. The van der Waals surface area contributed by atoms with Crippen molar-refractivity contribution in [3.8, 4) is 0 Å². The summed E-state index contributed by atoms with van der Waals surface area (Å²) in [5, 5.41) is 0.344. The first-order valence-corrected chi connectivity index (χ1v) is 6.99. The maximum absolute atomic E-state index is 14.0. The van der Waals surface area contributed by atoms with Gasteiger partial charge in [-0.05, 0) is 36.9 Å². The van der Waals surface area contributed by atoms with Gasteiger partial charge in [-0.25, -0.2) is 8.78 Å². The summed E-state index contributed by atoms with van der Waals surface area (Å²) in [6, 6.07) is 10.5. The molecule has 0 spiro atoms. The highest BCUT2D eigenvalue weighted by Crippen LogP contribution is 2.29. The summed E-state index contributed by atoms with van der Waals surface area (Å²) in [6.07, 6.45) is 0. The highest BCUT2D eigenvalue weighted by atomic mass is 35.5. The molecule has 1 unspecified atom stereocenters. The molecule has 0 amide bonds. The van der Waals surface area contributed by atoms with Crippen molar-refractivity contribution in [2.45, 2.75) is 12.6 Å². The molecular weight excluding hydrogens is 294 g/mol. The van der Waals surface area contributed by atoms with Crippen LogP contribution in [0.15, 0.2) is 42.5 Å². The average molecular weight is 311 g/mol. The molecule has 0 bridgehead atoms. The van der Waals surface area contributed by atoms with Crippen LogP contribution in [0.2, 0.25) is 5.02 Å². The molecule has 0 aliphatic carbocycles. The molecule has 0 fully saturated rings. The molecule has 0 aromatic heterocycles. The molecule has 2 aromatic carbocycles. The summed E-state index contributed by atoms with van der Waals surface area (Å²) in [5.74, 6) is -0.682. The van der Waals surface area contributed by atoms with Gasteiger partial charge in [0.15, 0.2) is 0 Å². The summed E-state index contributed by atoms with van der Waals surface area (Å²) in [5.41, 5.74) is 6.96. The van der Waals surface area contributed by atoms with Gasteiger partial charge >= 0.3 is 0 Å². The van der Waals surface area contributed by atoms with Crippen molar-refractivity contribution in [2.24, 2.45) is 5.73 Å². The summed E-state index contributed by atoms with van der Waals surface area (Å²) in [7, 11) is 1.81. The minimum atomic E-state index is -0.385. The van der Waals surface area contributed by atoms with Crippen LogP contribution >= 0.6 is 11.6 Å². The third kappa shape index (κ3) is 3.79. The maximum Gasteiger partial charge on any atom is 0.129 e. The smallest absolute Gasteiger partial charge is 0.129 e. The van der Waals surface area contributed by atoms with Gasteiger partial charge in [0.05, 0.1) is 6.04 Å². The van der Waals surface area contributed by atoms with Crippen molar-refractivity contribution in [1.82, 2.24) is 4.90 Å². The molecule has 0 heterocycles. The van der Waals surface area contributed by atoms with Crippen molar-refractivity contribution in [3.63, 3.8) is 0 Å². The number of hydrogen-bond donors (Lipinski definition) is 1. The number of benzene rings is 2. The van der Waals surface area contributed by atoms with E-state index in [1.807, 2.05) is 18.0 Å². The lowest BCUT2D eigenvalue weighted by atomic mass is 10.0. The van der Waals surface area contributed by atoms with Crippen LogP contribution in [0.3, 0.4) is 0 Å². The van der Waals surface area contributed by atoms with Crippen LogP contribution in [-0.4, -0.2) is 18.5 Å². The van der Waals surface area contributed by atoms with E-state index in [4.69, 9.17) is 17.3 Å². The highest BCUT2D eigenvalue weighted by molar-refractivity contribution is 6.31. The third-order valence-corrected chi connectivity index (χ3v) is 3.74. The van der Waals surface area contributed by atoms with Crippen molar-refractivity contribution >= 4 is 11.6 Å². The minimum absolute atomic E-state index is 0.215. The van der Waals surface area contributed by atoms with Gasteiger partial charge in [0.1, 0.15) is 11.6 Å². The predicted octanol–water partition coefficient (Wildman–Crippen LogP) is 3.75. The SMILES string of the molecule is CN(Cc1cccc(F)c1)C(CN)c1c(F)cccc1Cl. The molecule has 5 heteroatoms. The van der Waals surface area contributed by atoms with Crippen molar-refractivity contribution in [3.05, 3.63) is 70.2 Å². The Kier molecular flexibility index (Phi) is 5.28. The fourth-order valence-corrected chi connectivity index (χ4v) is 2.67. The van der Waals surface area contributed by atoms with Crippen molar-refractivity contribution < 1.29 is 8.78 Å². The Hall–Kier alpha value is -1.49. The van der Waals surface area contributed by atoms with Crippen LogP contribution in [0, 0.1) is 11.6 Å². The lowest BCUT2D eigenvalue weighted by Crippen LogP contribution is -2.31. The topological polar surface area (TPSA) is 29.3 Å². The largest absolute Gasteiger partial charge is 0.329 e. The van der Waals surface area contributed by atoms with E-state index in [2.05, 4.69) is 0 Å². The molecule has 0 saturated heterocycles. The van der Waals surface area contributed by atoms with Crippen LogP contribution in [0.5, 0.6) is 0 Å². The molecule has 112 valence electrons. The molecule has 0 saturated carbocycles. The van der Waals surface area contributed by atoms with Crippen LogP contribution in [0.1, 0.15) is 17.2 Å². The zero-order valence-electron chi connectivity index (χ0n) is 11.7. The molecule has 0 aliphatic rings. The second kappa shape index (κ2) is 6.98. The maximum atomic E-state index is 14.0. The molecule has 2 N–H and O–H groups in total. The van der Waals surface area contributed by atoms with E-state index in [9.17, 15) is 8.78 Å². The van der Waals surface area contributed by atoms with Gasteiger partial charge in [-0.1, -0.05) is 29.8 Å². The van der Waals surface area contributed by atoms with Crippen molar-refractivity contribution in [1.29, 1.82) is 0 Å². The zero-order valence-corrected chi connectivity index (χ0v) is 12.4. The first-order chi connectivity index (χ1) is 10.0. The zero-order chi connectivity index (χ0) is 15.4. The normalized spacial score (nSPS) is 12.7. The molecule has 1 atom stereocenters. The Labute approximate surface area is 128 Å². The van der Waals surface area contributed by atoms with Gasteiger partial charge in [0.25, 0.3) is 0 Å². The quantitative estimate of drug-likeness (QED) is 0.911. The van der Waals surface area contributed by atoms with Gasteiger partial charge in [-0.15, -0.1) is 0 Å². The Morgan fingerprint density at radius 2 is 1.90 bits per heavy atom. The van der Waals surface area contributed by atoms with E-state index in [1.54, 1.807) is 18.2 Å². The number of rotatable bonds is 5. The predicted molar refractivity (Wildman–Crippen MR) is 81.1 cm³/mol. The van der Waals surface area contributed by atoms with Gasteiger partial charge < -0.3 is 5.73 Å². The fraction of sp³-hybridized carbons (Fsp3) is 0.250. The molecule has 0 radical (unpaired) electrons. The van der Waals surface area contributed by atoms with Crippen LogP contribution in [0.4, 0.5) is 8.78 Å². The first-order valence-electron chi connectivity index (χ1n) is 6.61. The Bertz CT molecular complexity index is 599. The summed E-state index contributed by atoms with van der Waals surface area (Å²) in [6.45, 7) is 0.663. The molecule has 2 aromatic rings. The molecule has 2 rings (SSSR count). The van der Waals surface area contributed by atoms with Gasteiger partial charge in [-0.3, -0.25) is 4.90 Å². The first kappa shape index (κ1) is 15.9. The van der Waals surface area contributed by atoms with E-state index in [-0.39, 0.29) is 24.2 Å². The average Bonchev–Trinajstić information content (AvgIpc) is 2.43. The van der Waals surface area contributed by atoms with Gasteiger partial charge in [0, 0.05) is 23.7 Å². The lowest BCUT2D eigenvalue weighted by molar-refractivity contribution is 0.236. The molecular formula is C16H17ClF2N2. The highest BCUT2D eigenvalue weighted by Gasteiger charge is 2.22. The van der Waals surface area contributed by atoms with Crippen LogP contribution < -0.4 is 5.73 Å². The van der Waals surface area contributed by atoms with E-state index < -0.39 is 0 Å². The van der Waals surface area contributed by atoms with Gasteiger partial charge in [0.2, 0.25) is 0 Å². The monoisotopic (exact) mass is 310 g/mol. The van der Waals surface area contributed by atoms with Crippen molar-refractivity contribution in [2.75, 3.05) is 13.6 Å². The minimum Gasteiger partial charge on any atom is -0.329 e. The Morgan fingerprint density at radius 3 is 2.52 bits per heavy atom. The Balaban J connectivity index is 2.25. The Morgan fingerprint density at radius 1 is 1.19 bits per heavy atom. The third-order valence-electron chi connectivity index (χ3n) is 3.41. The summed E-state index contributed by atoms with van der Waals surface area (Å²) in [4.78, 5) is 1.86. The number of nitrogens with zero attached hydrogens (tertiary/aromatic N) is 1. The number of halogens is 3. The van der Waals surface area contributed by atoms with E-state index >= 15 is 0 Å². The standard InChI is InChI=1S/C16H17ClF2N2/c1-21(10-11-4-2-5-12(18)8-11)15(9-20)16-13(17)6-3-7-14(16)19/h2-8,15H,9-10,20H2,1H3. The number of nitrogens with two attached hydrogens (primary N) is 1. The van der Waals surface area contributed by atoms with Crippen LogP contribution in [-0.2, 0) is 6.54 Å². The molecule has 0 aliphatic heterocycles. The van der Waals surface area contributed by atoms with E-state index in [0.717, 1.165) is 5.56 Å². The molecule has 21 heavy (non-hydrogen) atoms. The fourth-order valence-electron chi connectivity index (χ4n) is 2.38. The van der Waals surface area contributed by atoms with E-state index in [1.165, 1.54) is 18.2 Å². The summed E-state index contributed by atoms with van der Waals surface area (Å²) >= 11 is 6.09. The number of hydrogen-bond acceptors (Lipinski definition) is 2.